The molecule has 0 saturated carbocycles. The first-order valence-electron chi connectivity index (χ1n) is 12.2. The van der Waals surface area contributed by atoms with Crippen LogP contribution >= 0.6 is 0 Å². The summed E-state index contributed by atoms with van der Waals surface area (Å²) >= 11 is 0. The van der Waals surface area contributed by atoms with Crippen LogP contribution < -0.4 is 13.9 Å². The number of hydrogen-bond donors (Lipinski definition) is 0. The Morgan fingerprint density at radius 3 is 1.57 bits per heavy atom. The number of unbranched alkanes of at least 4 members (excludes halogenated alkanes) is 10. The van der Waals surface area contributed by atoms with Gasteiger partial charge in [-0.2, -0.15) is 0 Å². The molecule has 0 unspecified atom stereocenters. The third kappa shape index (κ3) is 9.74. The van der Waals surface area contributed by atoms with Gasteiger partial charge in [0, 0.05) is 6.61 Å². The molecule has 0 aromatic heterocycles. The molecule has 1 aromatic carbocycles. The van der Waals surface area contributed by atoms with Gasteiger partial charge in [-0.3, -0.25) is 0 Å². The molecule has 5 heteroatoms. The predicted molar refractivity (Wildman–Crippen MR) is 129 cm³/mol. The van der Waals surface area contributed by atoms with Gasteiger partial charge in [0.05, 0.1) is 14.2 Å². The highest BCUT2D eigenvalue weighted by Gasteiger charge is 2.37. The third-order valence-electron chi connectivity index (χ3n) is 5.86. The molecule has 30 heavy (non-hydrogen) atoms. The van der Waals surface area contributed by atoms with Crippen molar-refractivity contribution in [3.8, 4) is 17.2 Å². The zero-order valence-electron chi connectivity index (χ0n) is 20.3. The molecule has 0 N–H and O–H groups in total. The van der Waals surface area contributed by atoms with E-state index in [9.17, 15) is 0 Å². The van der Waals surface area contributed by atoms with Crippen LogP contribution in [0.15, 0.2) is 18.2 Å². The molecule has 0 radical (unpaired) electrons. The summed E-state index contributed by atoms with van der Waals surface area (Å²) in [7, 11) is 0.986. The molecule has 0 aliphatic carbocycles. The van der Waals surface area contributed by atoms with Crippen LogP contribution in [-0.2, 0) is 4.43 Å². The topological polar surface area (TPSA) is 36.9 Å². The number of rotatable bonds is 19. The summed E-state index contributed by atoms with van der Waals surface area (Å²) in [6.07, 6.45) is 14.8. The minimum atomic E-state index is -2.34. The SMILES string of the molecule is CCCCCCCCCCCCCO[Si](CC)(CC)Oc1c(OC)cccc1OC. The molecule has 0 aliphatic heterocycles. The molecule has 174 valence electrons. The Morgan fingerprint density at radius 1 is 0.667 bits per heavy atom. The first-order chi connectivity index (χ1) is 14.7. The van der Waals surface area contributed by atoms with E-state index in [4.69, 9.17) is 18.3 Å². The lowest BCUT2D eigenvalue weighted by molar-refractivity contribution is 0.224. The Kier molecular flexibility index (Phi) is 14.7. The van der Waals surface area contributed by atoms with Gasteiger partial charge in [-0.1, -0.05) is 91.0 Å². The van der Waals surface area contributed by atoms with Gasteiger partial charge in [0.1, 0.15) is 0 Å². The maximum atomic E-state index is 6.51. The molecule has 0 amide bonds. The maximum absolute atomic E-state index is 6.51. The molecule has 4 nitrogen and oxygen atoms in total. The minimum absolute atomic E-state index is 0.678. The summed E-state index contributed by atoms with van der Waals surface area (Å²) in [6, 6.07) is 7.54. The van der Waals surface area contributed by atoms with Crippen molar-refractivity contribution < 1.29 is 18.3 Å². The van der Waals surface area contributed by atoms with Crippen LogP contribution in [-0.4, -0.2) is 29.4 Å². The Balaban J connectivity index is 2.36. The average molecular weight is 439 g/mol. The van der Waals surface area contributed by atoms with Crippen molar-refractivity contribution in [1.82, 2.24) is 0 Å². The lowest BCUT2D eigenvalue weighted by Gasteiger charge is -2.30. The van der Waals surface area contributed by atoms with E-state index >= 15 is 0 Å². The summed E-state index contributed by atoms with van der Waals surface area (Å²) < 4.78 is 23.9. The van der Waals surface area contributed by atoms with Gasteiger partial charge in [-0.05, 0) is 30.6 Å². The van der Waals surface area contributed by atoms with E-state index in [1.54, 1.807) is 14.2 Å². The molecule has 0 fully saturated rings. The van der Waals surface area contributed by atoms with Gasteiger partial charge in [0.2, 0.25) is 0 Å². The lowest BCUT2D eigenvalue weighted by Crippen LogP contribution is -2.44. The van der Waals surface area contributed by atoms with Crippen LogP contribution in [0.3, 0.4) is 0 Å². The van der Waals surface area contributed by atoms with E-state index in [1.807, 2.05) is 18.2 Å². The predicted octanol–water partition coefficient (Wildman–Crippen LogP) is 7.89. The first kappa shape index (κ1) is 26.8. The Morgan fingerprint density at radius 2 is 1.13 bits per heavy atom. The second-order valence-electron chi connectivity index (χ2n) is 8.10. The van der Waals surface area contributed by atoms with E-state index in [0.717, 1.165) is 25.1 Å². The number of para-hydroxylation sites is 1. The molecule has 1 rings (SSSR count). The standard InChI is InChI=1S/C25H46O4Si/c1-6-9-10-11-12-13-14-15-16-17-18-22-28-30(7-2,8-3)29-25-23(26-4)20-19-21-24(25)27-5/h19-21H,6-18,22H2,1-5H3. The van der Waals surface area contributed by atoms with Crippen molar-refractivity contribution in [2.24, 2.45) is 0 Å². The van der Waals surface area contributed by atoms with Crippen LogP contribution in [0.1, 0.15) is 91.4 Å². The normalized spacial score (nSPS) is 11.5. The Hall–Kier alpha value is -1.20. The molecule has 0 atom stereocenters. The van der Waals surface area contributed by atoms with Gasteiger partial charge in [-0.25, -0.2) is 0 Å². The number of hydrogen-bond acceptors (Lipinski definition) is 4. The average Bonchev–Trinajstić information content (AvgIpc) is 2.79. The Bertz CT molecular complexity index is 524. The van der Waals surface area contributed by atoms with Crippen molar-refractivity contribution >= 4 is 8.56 Å². The van der Waals surface area contributed by atoms with Crippen LogP contribution in [0.2, 0.25) is 12.1 Å². The van der Waals surface area contributed by atoms with Crippen molar-refractivity contribution in [2.75, 3.05) is 20.8 Å². The van der Waals surface area contributed by atoms with Gasteiger partial charge in [-0.15, -0.1) is 0 Å². The summed E-state index contributed by atoms with van der Waals surface area (Å²) in [6.45, 7) is 7.39. The summed E-state index contributed by atoms with van der Waals surface area (Å²) in [5, 5.41) is 0. The largest absolute Gasteiger partial charge is 0.515 e. The fourth-order valence-electron chi connectivity index (χ4n) is 3.76. The number of benzene rings is 1. The second kappa shape index (κ2) is 16.5. The quantitative estimate of drug-likeness (QED) is 0.162. The van der Waals surface area contributed by atoms with Crippen LogP contribution in [0.4, 0.5) is 0 Å². The van der Waals surface area contributed by atoms with Crippen LogP contribution in [0.25, 0.3) is 0 Å². The highest BCUT2D eigenvalue weighted by molar-refractivity contribution is 6.68. The zero-order valence-corrected chi connectivity index (χ0v) is 21.3. The number of methoxy groups -OCH3 is 2. The van der Waals surface area contributed by atoms with Gasteiger partial charge in [0.15, 0.2) is 17.2 Å². The first-order valence-corrected chi connectivity index (χ1v) is 14.4. The molecule has 0 aliphatic rings. The Labute approximate surface area is 186 Å². The van der Waals surface area contributed by atoms with Crippen LogP contribution in [0, 0.1) is 0 Å². The fourth-order valence-corrected chi connectivity index (χ4v) is 6.10. The monoisotopic (exact) mass is 438 g/mol. The number of ether oxygens (including phenoxy) is 2. The van der Waals surface area contributed by atoms with Crippen molar-refractivity contribution in [3.05, 3.63) is 18.2 Å². The van der Waals surface area contributed by atoms with E-state index < -0.39 is 8.56 Å². The maximum Gasteiger partial charge on any atom is 0.398 e. The minimum Gasteiger partial charge on any atom is -0.515 e. The summed E-state index contributed by atoms with van der Waals surface area (Å²) in [5.41, 5.74) is 0. The fraction of sp³-hybridized carbons (Fsp3) is 0.760. The van der Waals surface area contributed by atoms with Crippen molar-refractivity contribution in [3.63, 3.8) is 0 Å². The third-order valence-corrected chi connectivity index (χ3v) is 9.32. The van der Waals surface area contributed by atoms with Gasteiger partial charge < -0.3 is 18.3 Å². The molecule has 0 bridgehead atoms. The van der Waals surface area contributed by atoms with E-state index in [1.165, 1.54) is 64.2 Å². The molecule has 0 saturated heterocycles. The summed E-state index contributed by atoms with van der Waals surface area (Å²) in [5.74, 6) is 2.08. The van der Waals surface area contributed by atoms with Gasteiger partial charge >= 0.3 is 8.56 Å². The van der Waals surface area contributed by atoms with E-state index in [2.05, 4.69) is 20.8 Å². The highest BCUT2D eigenvalue weighted by atomic mass is 28.4. The molecule has 0 spiro atoms. The highest BCUT2D eigenvalue weighted by Crippen LogP contribution is 2.39. The lowest BCUT2D eigenvalue weighted by atomic mass is 10.1. The molecular weight excluding hydrogens is 392 g/mol. The molecule has 0 heterocycles. The van der Waals surface area contributed by atoms with Crippen LogP contribution in [0.5, 0.6) is 17.2 Å². The zero-order chi connectivity index (χ0) is 22.1. The van der Waals surface area contributed by atoms with E-state index in [0.29, 0.717) is 17.2 Å². The van der Waals surface area contributed by atoms with Gasteiger partial charge in [0.25, 0.3) is 0 Å². The molecular formula is C25H46O4Si. The molecule has 1 aromatic rings. The summed E-state index contributed by atoms with van der Waals surface area (Å²) in [4.78, 5) is 0. The van der Waals surface area contributed by atoms with Crippen molar-refractivity contribution in [2.45, 2.75) is 103 Å². The smallest absolute Gasteiger partial charge is 0.398 e. The van der Waals surface area contributed by atoms with Crippen molar-refractivity contribution in [1.29, 1.82) is 0 Å². The second-order valence-corrected chi connectivity index (χ2v) is 11.8. The van der Waals surface area contributed by atoms with E-state index in [-0.39, 0.29) is 0 Å².